The van der Waals surface area contributed by atoms with Crippen LogP contribution in [0.1, 0.15) is 32.0 Å². The van der Waals surface area contributed by atoms with Crippen molar-refractivity contribution in [3.05, 3.63) is 96.2 Å². The fourth-order valence-corrected chi connectivity index (χ4v) is 2.93. The van der Waals surface area contributed by atoms with Gasteiger partial charge in [-0.05, 0) is 23.1 Å². The molecule has 154 valence electrons. The maximum absolute atomic E-state index is 13.2. The molecule has 5 heteroatoms. The Labute approximate surface area is 174 Å². The number of hydrogen-bond donors (Lipinski definition) is 0. The lowest BCUT2D eigenvalue weighted by molar-refractivity contribution is -0.140. The van der Waals surface area contributed by atoms with Crippen molar-refractivity contribution in [2.45, 2.75) is 32.4 Å². The second-order valence-electron chi connectivity index (χ2n) is 7.89. The molecule has 0 atom stereocenters. The van der Waals surface area contributed by atoms with Crippen molar-refractivity contribution in [2.24, 2.45) is 0 Å². The predicted octanol–water partition coefficient (Wildman–Crippen LogP) is 7.30. The Bertz CT molecular complexity index is 1100. The molecule has 3 aromatic carbocycles. The molecule has 0 spiro atoms. The molecule has 0 bridgehead atoms. The fourth-order valence-electron chi connectivity index (χ4n) is 2.93. The normalized spacial score (nSPS) is 11.7. The van der Waals surface area contributed by atoms with Gasteiger partial charge in [0, 0.05) is 5.56 Å². The van der Waals surface area contributed by atoms with E-state index in [-0.39, 0.29) is 11.2 Å². The van der Waals surface area contributed by atoms with Crippen molar-refractivity contribution in [3.63, 3.8) is 0 Å². The van der Waals surface area contributed by atoms with Crippen molar-refractivity contribution < 1.29 is 13.2 Å². The van der Waals surface area contributed by atoms with Crippen molar-refractivity contribution in [1.29, 1.82) is 0 Å². The van der Waals surface area contributed by atoms with Crippen molar-refractivity contribution in [1.82, 2.24) is 9.97 Å². The Kier molecular flexibility index (Phi) is 6.20. The zero-order valence-electron chi connectivity index (χ0n) is 17.1. The van der Waals surface area contributed by atoms with E-state index in [0.29, 0.717) is 16.5 Å². The van der Waals surface area contributed by atoms with Crippen LogP contribution in [0.2, 0.25) is 0 Å². The van der Waals surface area contributed by atoms with Gasteiger partial charge in [-0.25, -0.2) is 9.97 Å². The third-order valence-electron chi connectivity index (χ3n) is 4.53. The quantitative estimate of drug-likeness (QED) is 0.330. The van der Waals surface area contributed by atoms with E-state index in [2.05, 4.69) is 61.1 Å². The van der Waals surface area contributed by atoms with Gasteiger partial charge in [0.15, 0.2) is 5.69 Å². The van der Waals surface area contributed by atoms with Crippen molar-refractivity contribution >= 4 is 11.0 Å². The molecule has 0 aliphatic heterocycles. The van der Waals surface area contributed by atoms with E-state index in [1.807, 2.05) is 0 Å². The minimum atomic E-state index is -4.54. The third kappa shape index (κ3) is 5.23. The maximum atomic E-state index is 13.2. The first-order chi connectivity index (χ1) is 14.2. The van der Waals surface area contributed by atoms with E-state index in [0.717, 1.165) is 0 Å². The highest BCUT2D eigenvalue weighted by Gasteiger charge is 2.37. The van der Waals surface area contributed by atoms with Crippen LogP contribution in [0.4, 0.5) is 13.2 Å². The molecule has 0 amide bonds. The first kappa shape index (κ1) is 21.5. The molecule has 4 aromatic rings. The zero-order valence-corrected chi connectivity index (χ0v) is 17.1. The Morgan fingerprint density at radius 2 is 1.07 bits per heavy atom. The Balaban J connectivity index is 0.000000216. The number of para-hydroxylation sites is 2. The number of aromatic nitrogens is 2. The lowest BCUT2D eigenvalue weighted by atomic mass is 9.87. The molecule has 30 heavy (non-hydrogen) atoms. The summed E-state index contributed by atoms with van der Waals surface area (Å²) in [5.74, 6) is 0. The van der Waals surface area contributed by atoms with Crippen molar-refractivity contribution in [3.8, 4) is 11.3 Å². The number of fused-ring (bicyclic) bond motifs is 1. The van der Waals surface area contributed by atoms with Crippen LogP contribution in [-0.4, -0.2) is 9.97 Å². The highest BCUT2D eigenvalue weighted by Crippen LogP contribution is 2.35. The first-order valence-corrected chi connectivity index (χ1v) is 9.61. The molecule has 1 heterocycles. The second-order valence-corrected chi connectivity index (χ2v) is 7.89. The van der Waals surface area contributed by atoms with E-state index in [9.17, 15) is 13.2 Å². The molecular formula is C25H23F3N2. The van der Waals surface area contributed by atoms with Gasteiger partial charge in [0.2, 0.25) is 0 Å². The maximum Gasteiger partial charge on any atom is 0.435 e. The summed E-state index contributed by atoms with van der Waals surface area (Å²) in [5, 5.41) is 0. The lowest BCUT2D eigenvalue weighted by Gasteiger charge is -2.18. The van der Waals surface area contributed by atoms with E-state index in [4.69, 9.17) is 0 Å². The molecule has 2 nitrogen and oxygen atoms in total. The van der Waals surface area contributed by atoms with Crippen LogP contribution in [0.3, 0.4) is 0 Å². The number of halogens is 3. The van der Waals surface area contributed by atoms with Crippen LogP contribution in [-0.2, 0) is 11.6 Å². The van der Waals surface area contributed by atoms with Gasteiger partial charge in [0.1, 0.15) is 5.69 Å². The molecule has 0 aliphatic rings. The van der Waals surface area contributed by atoms with Gasteiger partial charge >= 0.3 is 6.18 Å². The van der Waals surface area contributed by atoms with E-state index < -0.39 is 11.9 Å². The van der Waals surface area contributed by atoms with Gasteiger partial charge in [-0.3, -0.25) is 0 Å². The lowest BCUT2D eigenvalue weighted by Crippen LogP contribution is -2.11. The molecular weight excluding hydrogens is 385 g/mol. The number of benzene rings is 3. The van der Waals surface area contributed by atoms with Gasteiger partial charge in [0.25, 0.3) is 0 Å². The number of rotatable bonds is 1. The molecule has 0 aliphatic carbocycles. The summed E-state index contributed by atoms with van der Waals surface area (Å²) in [6, 6.07) is 25.3. The molecule has 0 fully saturated rings. The molecule has 4 rings (SSSR count). The summed E-state index contributed by atoms with van der Waals surface area (Å²) in [7, 11) is 0. The van der Waals surface area contributed by atoms with Crippen LogP contribution in [0.25, 0.3) is 22.3 Å². The minimum absolute atomic E-state index is 0.142. The van der Waals surface area contributed by atoms with E-state index in [1.54, 1.807) is 48.5 Å². The SMILES string of the molecule is CC(C)(C)c1ccccc1.FC(F)(F)c1nc2ccccc2nc1-c1ccccc1. The first-order valence-electron chi connectivity index (χ1n) is 9.61. The van der Waals surface area contributed by atoms with Gasteiger partial charge in [-0.1, -0.05) is 93.6 Å². The minimum Gasteiger partial charge on any atom is -0.244 e. The van der Waals surface area contributed by atoms with Crippen molar-refractivity contribution in [2.75, 3.05) is 0 Å². The molecule has 0 saturated heterocycles. The predicted molar refractivity (Wildman–Crippen MR) is 115 cm³/mol. The second kappa shape index (κ2) is 8.66. The topological polar surface area (TPSA) is 25.8 Å². The standard InChI is InChI=1S/C15H9F3N2.C10H14/c16-15(17,18)14-13(10-6-2-1-3-7-10)19-11-8-4-5-9-12(11)20-14;1-10(2,3)9-7-5-4-6-8-9/h1-9H;4-8H,1-3H3. The zero-order chi connectivity index (χ0) is 21.8. The van der Waals surface area contributed by atoms with Crippen LogP contribution >= 0.6 is 0 Å². The number of hydrogen-bond acceptors (Lipinski definition) is 2. The van der Waals surface area contributed by atoms with Gasteiger partial charge in [0.05, 0.1) is 11.0 Å². The summed E-state index contributed by atoms with van der Waals surface area (Å²) < 4.78 is 39.5. The Hall–Kier alpha value is -3.21. The molecule has 1 aromatic heterocycles. The Morgan fingerprint density at radius 3 is 1.53 bits per heavy atom. The third-order valence-corrected chi connectivity index (χ3v) is 4.53. The molecule has 0 unspecified atom stereocenters. The van der Waals surface area contributed by atoms with Crippen LogP contribution < -0.4 is 0 Å². The van der Waals surface area contributed by atoms with Gasteiger partial charge < -0.3 is 0 Å². The highest BCUT2D eigenvalue weighted by atomic mass is 19.4. The van der Waals surface area contributed by atoms with E-state index in [1.165, 1.54) is 11.6 Å². The van der Waals surface area contributed by atoms with Gasteiger partial charge in [-0.2, -0.15) is 13.2 Å². The van der Waals surface area contributed by atoms with Crippen LogP contribution in [0, 0.1) is 0 Å². The monoisotopic (exact) mass is 408 g/mol. The summed E-state index contributed by atoms with van der Waals surface area (Å²) in [4.78, 5) is 7.86. The summed E-state index contributed by atoms with van der Waals surface area (Å²) >= 11 is 0. The fraction of sp³-hybridized carbons (Fsp3) is 0.200. The summed E-state index contributed by atoms with van der Waals surface area (Å²) in [5.41, 5.74) is 1.67. The van der Waals surface area contributed by atoms with Crippen LogP contribution in [0.5, 0.6) is 0 Å². The average Bonchev–Trinajstić information content (AvgIpc) is 2.73. The molecule has 0 radical (unpaired) electrons. The van der Waals surface area contributed by atoms with Crippen LogP contribution in [0.15, 0.2) is 84.9 Å². The number of nitrogens with zero attached hydrogens (tertiary/aromatic N) is 2. The number of alkyl halides is 3. The smallest absolute Gasteiger partial charge is 0.244 e. The summed E-state index contributed by atoms with van der Waals surface area (Å²) in [6.07, 6.45) is -4.54. The largest absolute Gasteiger partial charge is 0.435 e. The molecule has 0 N–H and O–H groups in total. The highest BCUT2D eigenvalue weighted by molar-refractivity contribution is 5.78. The average molecular weight is 408 g/mol. The summed E-state index contributed by atoms with van der Waals surface area (Å²) in [6.45, 7) is 6.67. The Morgan fingerprint density at radius 1 is 0.600 bits per heavy atom. The van der Waals surface area contributed by atoms with E-state index >= 15 is 0 Å². The van der Waals surface area contributed by atoms with Gasteiger partial charge in [-0.15, -0.1) is 0 Å². The molecule has 0 saturated carbocycles.